The molecule has 0 bridgehead atoms. The van der Waals surface area contributed by atoms with Gasteiger partial charge < -0.3 is 5.11 Å². The van der Waals surface area contributed by atoms with Gasteiger partial charge in [0.1, 0.15) is 0 Å². The SMILES string of the molecule is Cc1c(C(=O)c2ccc3c(c2C)Cc2ccccc2S3)ccc2c1Cc1ccccc1S2.O=C(O)C12C3C4C5C3C1C5C42. The molecule has 4 aromatic carbocycles. The number of hydrogen-bond donors (Lipinski definition) is 1. The van der Waals surface area contributed by atoms with Crippen LogP contribution < -0.4 is 0 Å². The Morgan fingerprint density at radius 2 is 1.07 bits per heavy atom. The molecule has 6 aliphatic carbocycles. The van der Waals surface area contributed by atoms with E-state index in [0.29, 0.717) is 17.8 Å². The number of carboxylic acids is 1. The Morgan fingerprint density at radius 1 is 0.628 bits per heavy atom. The van der Waals surface area contributed by atoms with Crippen molar-refractivity contribution in [3.05, 3.63) is 117 Å². The van der Waals surface area contributed by atoms with Crippen LogP contribution in [0.1, 0.15) is 49.3 Å². The summed E-state index contributed by atoms with van der Waals surface area (Å²) in [5.41, 5.74) is 9.05. The first-order valence-electron chi connectivity index (χ1n) is 15.5. The zero-order chi connectivity index (χ0) is 28.9. The van der Waals surface area contributed by atoms with E-state index < -0.39 is 5.97 Å². The first-order chi connectivity index (χ1) is 20.9. The Morgan fingerprint density at radius 3 is 1.49 bits per heavy atom. The molecule has 8 aliphatic rings. The number of rotatable bonds is 3. The van der Waals surface area contributed by atoms with Crippen LogP contribution in [0, 0.1) is 60.7 Å². The molecule has 6 saturated carbocycles. The van der Waals surface area contributed by atoms with Crippen molar-refractivity contribution >= 4 is 35.3 Å². The molecule has 0 unspecified atom stereocenters. The average molecular weight is 599 g/mol. The first kappa shape index (κ1) is 25.1. The van der Waals surface area contributed by atoms with E-state index in [1.807, 2.05) is 35.7 Å². The minimum absolute atomic E-state index is 0.116. The molecule has 3 nitrogen and oxygen atoms in total. The van der Waals surface area contributed by atoms with E-state index in [0.717, 1.165) is 58.8 Å². The van der Waals surface area contributed by atoms with Crippen molar-refractivity contribution in [3.63, 3.8) is 0 Å². The number of carbonyl (C=O) groups excluding carboxylic acids is 1. The van der Waals surface area contributed by atoms with Crippen molar-refractivity contribution in [2.75, 3.05) is 0 Å². The summed E-state index contributed by atoms with van der Waals surface area (Å²) in [6.07, 6.45) is 1.78. The minimum Gasteiger partial charge on any atom is -0.481 e. The maximum Gasteiger partial charge on any atom is 0.310 e. The lowest BCUT2D eigenvalue weighted by molar-refractivity contribution is -0.598. The number of fused-ring (bicyclic) bond motifs is 4. The van der Waals surface area contributed by atoms with Gasteiger partial charge in [0.05, 0.1) is 5.41 Å². The van der Waals surface area contributed by atoms with Crippen LogP contribution >= 0.6 is 23.5 Å². The summed E-state index contributed by atoms with van der Waals surface area (Å²) in [5, 5.41) is 9.06. The van der Waals surface area contributed by atoms with Gasteiger partial charge in [0.2, 0.25) is 0 Å². The van der Waals surface area contributed by atoms with Crippen LogP contribution in [0.2, 0.25) is 0 Å². The standard InChI is InChI=1S/C29H22OS2.C9H8O2/c1-17-21(11-13-27-23(17)15-19-7-3-5-9-25(19)31-27)29(30)22-12-14-28-24(18(22)2)16-20-8-4-6-10-26(20)32-28;10-8(11)9-5-2-1-3(5)7(9)4(1)6(2)9/h3-14H,15-16H2,1-2H3;1-7H,(H,10,11). The number of carboxylic acid groups (broad SMARTS) is 1. The van der Waals surface area contributed by atoms with Crippen molar-refractivity contribution in [2.45, 2.75) is 46.3 Å². The van der Waals surface area contributed by atoms with E-state index in [-0.39, 0.29) is 11.2 Å². The lowest BCUT2D eigenvalue weighted by atomic mass is 8.96. The highest BCUT2D eigenvalue weighted by atomic mass is 32.2. The van der Waals surface area contributed by atoms with Crippen LogP contribution in [0.5, 0.6) is 0 Å². The van der Waals surface area contributed by atoms with Crippen LogP contribution in [0.25, 0.3) is 0 Å². The van der Waals surface area contributed by atoms with Crippen molar-refractivity contribution in [1.82, 2.24) is 0 Å². The molecule has 0 aromatic heterocycles. The third-order valence-electron chi connectivity index (χ3n) is 12.6. The first-order valence-corrected chi connectivity index (χ1v) is 17.1. The molecular formula is C38H30O3S2. The van der Waals surface area contributed by atoms with Crippen molar-refractivity contribution in [2.24, 2.45) is 46.8 Å². The highest BCUT2D eigenvalue weighted by molar-refractivity contribution is 7.99. The summed E-state index contributed by atoms with van der Waals surface area (Å²) < 4.78 is 0. The Bertz CT molecular complexity index is 1820. The lowest BCUT2D eigenvalue weighted by Crippen LogP contribution is -3.06. The summed E-state index contributed by atoms with van der Waals surface area (Å²) in [4.78, 5) is 29.9. The molecule has 0 atom stereocenters. The summed E-state index contributed by atoms with van der Waals surface area (Å²) in [6.45, 7) is 4.22. The molecule has 0 saturated heterocycles. The summed E-state index contributed by atoms with van der Waals surface area (Å²) in [6, 6.07) is 25.5. The molecule has 212 valence electrons. The lowest BCUT2D eigenvalue weighted by Gasteiger charge is -3.06. The maximum absolute atomic E-state index is 13.7. The third kappa shape index (κ3) is 2.79. The van der Waals surface area contributed by atoms with Crippen LogP contribution in [0.4, 0.5) is 0 Å². The molecule has 43 heavy (non-hydrogen) atoms. The van der Waals surface area contributed by atoms with Gasteiger partial charge in [0.25, 0.3) is 0 Å². The number of benzene rings is 4. The number of hydrogen-bond acceptors (Lipinski definition) is 4. The molecule has 0 radical (unpaired) electrons. The van der Waals surface area contributed by atoms with Gasteiger partial charge in [-0.15, -0.1) is 0 Å². The quantitative estimate of drug-likeness (QED) is 0.209. The van der Waals surface area contributed by atoms with E-state index >= 15 is 0 Å². The Labute approximate surface area is 259 Å². The zero-order valence-electron chi connectivity index (χ0n) is 24.0. The average Bonchev–Trinajstić information content (AvgIpc) is 3.04. The van der Waals surface area contributed by atoms with E-state index in [4.69, 9.17) is 5.11 Å². The molecule has 6 fully saturated rings. The van der Waals surface area contributed by atoms with Crippen molar-refractivity contribution in [3.8, 4) is 0 Å². The van der Waals surface area contributed by atoms with E-state index in [2.05, 4.69) is 74.5 Å². The molecule has 2 heterocycles. The Balaban J connectivity index is 0.000000181. The fourth-order valence-electron chi connectivity index (χ4n) is 10.7. The Hall–Kier alpha value is -3.28. The fourth-order valence-corrected chi connectivity index (χ4v) is 13.0. The van der Waals surface area contributed by atoms with Crippen LogP contribution in [0.15, 0.2) is 92.4 Å². The largest absolute Gasteiger partial charge is 0.481 e. The number of aliphatic carboxylic acids is 1. The molecule has 4 aromatic rings. The van der Waals surface area contributed by atoms with Gasteiger partial charge in [0.15, 0.2) is 5.78 Å². The monoisotopic (exact) mass is 598 g/mol. The maximum atomic E-state index is 13.7. The summed E-state index contributed by atoms with van der Waals surface area (Å²) >= 11 is 3.63. The molecule has 5 heteroatoms. The van der Waals surface area contributed by atoms with E-state index in [9.17, 15) is 9.59 Å². The highest BCUT2D eigenvalue weighted by Gasteiger charge is 3.06. The molecule has 12 rings (SSSR count). The van der Waals surface area contributed by atoms with Gasteiger partial charge in [-0.1, -0.05) is 59.9 Å². The van der Waals surface area contributed by atoms with Crippen molar-refractivity contribution < 1.29 is 14.7 Å². The Kier molecular flexibility index (Phi) is 4.81. The second-order valence-corrected chi connectivity index (χ2v) is 15.8. The van der Waals surface area contributed by atoms with Gasteiger partial charge in [-0.2, -0.15) is 0 Å². The van der Waals surface area contributed by atoms with E-state index in [1.165, 1.54) is 41.8 Å². The van der Waals surface area contributed by atoms with Gasteiger partial charge in [-0.25, -0.2) is 0 Å². The van der Waals surface area contributed by atoms with Crippen LogP contribution in [-0.2, 0) is 17.6 Å². The summed E-state index contributed by atoms with van der Waals surface area (Å²) in [5.74, 6) is 5.46. The van der Waals surface area contributed by atoms with Gasteiger partial charge in [0, 0.05) is 30.7 Å². The number of ketones is 1. The molecule has 2 aliphatic heterocycles. The smallest absolute Gasteiger partial charge is 0.310 e. The normalized spacial score (nSPS) is 32.7. The zero-order valence-corrected chi connectivity index (χ0v) is 25.6. The molecule has 1 N–H and O–H groups in total. The summed E-state index contributed by atoms with van der Waals surface area (Å²) in [7, 11) is 0. The minimum atomic E-state index is -0.459. The van der Waals surface area contributed by atoms with Gasteiger partial charge in [-0.3, -0.25) is 9.59 Å². The fraction of sp³-hybridized carbons (Fsp3) is 0.316. The second-order valence-electron chi connectivity index (χ2n) is 13.7. The van der Waals surface area contributed by atoms with E-state index in [1.54, 1.807) is 0 Å². The predicted molar refractivity (Wildman–Crippen MR) is 167 cm³/mol. The van der Waals surface area contributed by atoms with Crippen molar-refractivity contribution in [1.29, 1.82) is 0 Å². The van der Waals surface area contributed by atoms with Crippen LogP contribution in [-0.4, -0.2) is 16.9 Å². The predicted octanol–water partition coefficient (Wildman–Crippen LogP) is 8.08. The molecular weight excluding hydrogens is 569 g/mol. The topological polar surface area (TPSA) is 54.4 Å². The van der Waals surface area contributed by atoms with Gasteiger partial charge in [-0.05, 0) is 138 Å². The van der Waals surface area contributed by atoms with Gasteiger partial charge >= 0.3 is 5.97 Å². The third-order valence-corrected chi connectivity index (χ3v) is 15.0. The second kappa shape index (κ2) is 8.25. The highest BCUT2D eigenvalue weighted by Crippen LogP contribution is 3.05. The molecule has 0 spiro atoms. The number of carbonyl (C=O) groups is 2. The molecule has 0 amide bonds. The van der Waals surface area contributed by atoms with Crippen LogP contribution in [0.3, 0.4) is 0 Å².